The lowest BCUT2D eigenvalue weighted by Gasteiger charge is -2.22. The number of hydrogen-bond donors (Lipinski definition) is 2. The molecule has 8 heteroatoms. The maximum absolute atomic E-state index is 12.1. The van der Waals surface area contributed by atoms with Crippen molar-refractivity contribution in [2.75, 3.05) is 19.0 Å². The first-order valence-corrected chi connectivity index (χ1v) is 8.10. The number of carbonyl (C=O) groups excluding carboxylic acids is 1. The average Bonchev–Trinajstić information content (AvgIpc) is 2.47. The maximum atomic E-state index is 12.1. The largest absolute Gasteiger partial charge is 0.495 e. The molecule has 0 spiro atoms. The van der Waals surface area contributed by atoms with Crippen LogP contribution in [0.1, 0.15) is 19.3 Å². The van der Waals surface area contributed by atoms with Gasteiger partial charge in [-0.25, -0.2) is 13.6 Å². The van der Waals surface area contributed by atoms with Crippen molar-refractivity contribution in [2.45, 2.75) is 30.3 Å². The highest BCUT2D eigenvalue weighted by Gasteiger charge is 2.23. The van der Waals surface area contributed by atoms with Crippen molar-refractivity contribution in [1.29, 1.82) is 0 Å². The second kappa shape index (κ2) is 6.42. The van der Waals surface area contributed by atoms with E-state index in [1.54, 1.807) is 0 Å². The summed E-state index contributed by atoms with van der Waals surface area (Å²) in [5, 5.41) is 7.72. The molecular weight excluding hydrogens is 296 g/mol. The Morgan fingerprint density at radius 1 is 1.43 bits per heavy atom. The number of anilines is 1. The number of methoxy groups -OCH3 is 1. The minimum absolute atomic E-state index is 0.0943. The number of carbonyl (C=O) groups is 1. The monoisotopic (exact) mass is 314 g/mol. The second-order valence-electron chi connectivity index (χ2n) is 4.75. The van der Waals surface area contributed by atoms with E-state index in [-0.39, 0.29) is 16.5 Å². The molecule has 1 aliphatic rings. The number of hydrogen-bond acceptors (Lipinski definition) is 5. The van der Waals surface area contributed by atoms with E-state index in [0.29, 0.717) is 18.8 Å². The van der Waals surface area contributed by atoms with Crippen LogP contribution in [-0.2, 0) is 19.6 Å². The average molecular weight is 314 g/mol. The van der Waals surface area contributed by atoms with Crippen LogP contribution in [0.4, 0.5) is 5.69 Å². The molecule has 0 saturated carbocycles. The standard InChI is InChI=1S/C13H18N2O5S/c1-19-11-6-5-9(21(14,17)18)8-10(11)15-13(16)12-4-2-3-7-20-12/h5-6,8,12H,2-4,7H2,1H3,(H,15,16)(H2,14,17,18). The quantitative estimate of drug-likeness (QED) is 0.856. The van der Waals surface area contributed by atoms with E-state index < -0.39 is 16.1 Å². The fraction of sp³-hybridized carbons (Fsp3) is 0.462. The summed E-state index contributed by atoms with van der Waals surface area (Å²) in [6.07, 6.45) is 1.98. The van der Waals surface area contributed by atoms with Crippen LogP contribution in [0.15, 0.2) is 23.1 Å². The zero-order chi connectivity index (χ0) is 15.5. The Kier molecular flexibility index (Phi) is 4.81. The summed E-state index contributed by atoms with van der Waals surface area (Å²) < 4.78 is 33.2. The van der Waals surface area contributed by atoms with Crippen LogP contribution in [0, 0.1) is 0 Å². The van der Waals surface area contributed by atoms with Gasteiger partial charge in [0.2, 0.25) is 10.0 Å². The predicted molar refractivity (Wildman–Crippen MR) is 76.6 cm³/mol. The van der Waals surface area contributed by atoms with Gasteiger partial charge >= 0.3 is 0 Å². The van der Waals surface area contributed by atoms with Gasteiger partial charge in [0.15, 0.2) is 0 Å². The maximum Gasteiger partial charge on any atom is 0.253 e. The van der Waals surface area contributed by atoms with Gasteiger partial charge in [-0.1, -0.05) is 0 Å². The molecule has 116 valence electrons. The van der Waals surface area contributed by atoms with Crippen LogP contribution < -0.4 is 15.2 Å². The van der Waals surface area contributed by atoms with Gasteiger partial charge in [-0.2, -0.15) is 0 Å². The predicted octanol–water partition coefficient (Wildman–Crippen LogP) is 0.850. The summed E-state index contributed by atoms with van der Waals surface area (Å²) in [4.78, 5) is 12.0. The minimum Gasteiger partial charge on any atom is -0.495 e. The fourth-order valence-electron chi connectivity index (χ4n) is 2.12. The lowest BCUT2D eigenvalue weighted by molar-refractivity contribution is -0.129. The topological polar surface area (TPSA) is 108 Å². The molecule has 1 aromatic carbocycles. The highest BCUT2D eigenvalue weighted by atomic mass is 32.2. The normalized spacial score (nSPS) is 19.0. The molecule has 1 aromatic rings. The van der Waals surface area contributed by atoms with Gasteiger partial charge in [0, 0.05) is 6.61 Å². The molecule has 2 rings (SSSR count). The molecule has 21 heavy (non-hydrogen) atoms. The van der Waals surface area contributed by atoms with Crippen LogP contribution in [0.3, 0.4) is 0 Å². The number of nitrogens with two attached hydrogens (primary N) is 1. The lowest BCUT2D eigenvalue weighted by atomic mass is 10.1. The van der Waals surface area contributed by atoms with E-state index in [1.165, 1.54) is 25.3 Å². The molecule has 3 N–H and O–H groups in total. The van der Waals surface area contributed by atoms with Gasteiger partial charge in [0.1, 0.15) is 11.9 Å². The smallest absolute Gasteiger partial charge is 0.253 e. The first-order chi connectivity index (χ1) is 9.91. The summed E-state index contributed by atoms with van der Waals surface area (Å²) in [6, 6.07) is 4.03. The first-order valence-electron chi connectivity index (χ1n) is 6.55. The van der Waals surface area contributed by atoms with Crippen molar-refractivity contribution < 1.29 is 22.7 Å². The van der Waals surface area contributed by atoms with E-state index in [4.69, 9.17) is 14.6 Å². The molecule has 0 bridgehead atoms. The first kappa shape index (κ1) is 15.7. The molecule has 7 nitrogen and oxygen atoms in total. The van der Waals surface area contributed by atoms with Gasteiger partial charge in [-0.3, -0.25) is 4.79 Å². The van der Waals surface area contributed by atoms with Crippen molar-refractivity contribution >= 4 is 21.6 Å². The summed E-state index contributed by atoms with van der Waals surface area (Å²) in [6.45, 7) is 0.548. The van der Waals surface area contributed by atoms with Gasteiger partial charge in [-0.05, 0) is 37.5 Å². The van der Waals surface area contributed by atoms with Crippen LogP contribution in [0.5, 0.6) is 5.75 Å². The highest BCUT2D eigenvalue weighted by molar-refractivity contribution is 7.89. The molecule has 1 amide bonds. The van der Waals surface area contributed by atoms with Gasteiger partial charge < -0.3 is 14.8 Å². The third-order valence-electron chi connectivity index (χ3n) is 3.23. The molecular formula is C13H18N2O5S. The Bertz CT molecular complexity index is 623. The third kappa shape index (κ3) is 3.93. The van der Waals surface area contributed by atoms with E-state index >= 15 is 0 Å². The molecule has 1 fully saturated rings. The van der Waals surface area contributed by atoms with Crippen molar-refractivity contribution in [3.63, 3.8) is 0 Å². The van der Waals surface area contributed by atoms with E-state index in [2.05, 4.69) is 5.32 Å². The van der Waals surface area contributed by atoms with Crippen molar-refractivity contribution in [2.24, 2.45) is 5.14 Å². The Morgan fingerprint density at radius 2 is 2.19 bits per heavy atom. The number of rotatable bonds is 4. The molecule has 0 radical (unpaired) electrons. The number of amides is 1. The van der Waals surface area contributed by atoms with Crippen molar-refractivity contribution in [1.82, 2.24) is 0 Å². The number of sulfonamides is 1. The van der Waals surface area contributed by atoms with E-state index in [9.17, 15) is 13.2 Å². The third-order valence-corrected chi connectivity index (χ3v) is 4.14. The Balaban J connectivity index is 2.22. The number of primary sulfonamides is 1. The Hall–Kier alpha value is -1.64. The highest BCUT2D eigenvalue weighted by Crippen LogP contribution is 2.28. The number of nitrogens with one attached hydrogen (secondary N) is 1. The summed E-state index contributed by atoms with van der Waals surface area (Å²) in [5.74, 6) is 0.0335. The molecule has 0 aromatic heterocycles. The molecule has 0 aliphatic carbocycles. The minimum atomic E-state index is -3.85. The number of benzene rings is 1. The number of ether oxygens (including phenoxy) is 2. The molecule has 1 aliphatic heterocycles. The van der Waals surface area contributed by atoms with Crippen LogP contribution in [0.25, 0.3) is 0 Å². The molecule has 1 atom stereocenters. The van der Waals surface area contributed by atoms with E-state index in [0.717, 1.165) is 12.8 Å². The zero-order valence-electron chi connectivity index (χ0n) is 11.7. The second-order valence-corrected chi connectivity index (χ2v) is 6.31. The molecule has 1 unspecified atom stereocenters. The van der Waals surface area contributed by atoms with Crippen LogP contribution in [0.2, 0.25) is 0 Å². The van der Waals surface area contributed by atoms with Gasteiger partial charge in [0.25, 0.3) is 5.91 Å². The van der Waals surface area contributed by atoms with Crippen LogP contribution >= 0.6 is 0 Å². The van der Waals surface area contributed by atoms with Gasteiger partial charge in [-0.15, -0.1) is 0 Å². The summed E-state index contributed by atoms with van der Waals surface area (Å²) >= 11 is 0. The van der Waals surface area contributed by atoms with Crippen LogP contribution in [-0.4, -0.2) is 34.1 Å². The zero-order valence-corrected chi connectivity index (χ0v) is 12.5. The fourth-order valence-corrected chi connectivity index (χ4v) is 2.66. The van der Waals surface area contributed by atoms with Gasteiger partial charge in [0.05, 0.1) is 17.7 Å². The lowest BCUT2D eigenvalue weighted by Crippen LogP contribution is -2.33. The van der Waals surface area contributed by atoms with Crippen molar-refractivity contribution in [3.05, 3.63) is 18.2 Å². The SMILES string of the molecule is COc1ccc(S(N)(=O)=O)cc1NC(=O)C1CCCCO1. The van der Waals surface area contributed by atoms with Crippen molar-refractivity contribution in [3.8, 4) is 5.75 Å². The molecule has 1 saturated heterocycles. The Morgan fingerprint density at radius 3 is 2.76 bits per heavy atom. The summed E-state index contributed by atoms with van der Waals surface area (Å²) in [7, 11) is -2.42. The summed E-state index contributed by atoms with van der Waals surface area (Å²) in [5.41, 5.74) is 0.253. The molecule has 1 heterocycles. The van der Waals surface area contributed by atoms with E-state index in [1.807, 2.05) is 0 Å². The Labute approximate surface area is 123 Å².